The highest BCUT2D eigenvalue weighted by Gasteiger charge is 2.18. The van der Waals surface area contributed by atoms with E-state index in [1.54, 1.807) is 0 Å². The molecule has 0 saturated carbocycles. The quantitative estimate of drug-likeness (QED) is 0.592. The van der Waals surface area contributed by atoms with Crippen LogP contribution in [-0.4, -0.2) is 36.1 Å². The summed E-state index contributed by atoms with van der Waals surface area (Å²) in [5, 5.41) is 16.1. The molecule has 1 aliphatic heterocycles. The summed E-state index contributed by atoms with van der Waals surface area (Å²) in [4.78, 5) is 0. The maximum absolute atomic E-state index is 9.13. The predicted octanol–water partition coefficient (Wildman–Crippen LogP) is 0.545. The molecule has 0 aromatic rings. The largest absolute Gasteiger partial charge is 0.400 e. The summed E-state index contributed by atoms with van der Waals surface area (Å²) in [5.74, 6) is 0. The van der Waals surface area contributed by atoms with Crippen LogP contribution < -0.4 is 0 Å². The van der Waals surface area contributed by atoms with Gasteiger partial charge in [-0.2, -0.15) is 0 Å². The normalized spacial score (nSPS) is 30.5. The van der Waals surface area contributed by atoms with Crippen LogP contribution >= 0.6 is 0 Å². The molecular formula is C8H18O3. The number of aliphatic hydroxyl groups excluding tert-OH is 2. The second-order valence-corrected chi connectivity index (χ2v) is 2.58. The summed E-state index contributed by atoms with van der Waals surface area (Å²) in [7, 11) is 1.00. The van der Waals surface area contributed by atoms with Gasteiger partial charge in [0, 0.05) is 13.7 Å². The Bertz CT molecular complexity index is 85.4. The minimum absolute atomic E-state index is 0.108. The molecule has 1 aliphatic rings. The average molecular weight is 162 g/mol. The number of aliphatic hydroxyl groups is 2. The van der Waals surface area contributed by atoms with Gasteiger partial charge in [0.1, 0.15) is 0 Å². The zero-order chi connectivity index (χ0) is 8.69. The number of hydrogen-bond acceptors (Lipinski definition) is 3. The van der Waals surface area contributed by atoms with Crippen LogP contribution in [0.4, 0.5) is 0 Å². The minimum atomic E-state index is -0.108. The fraction of sp³-hybridized carbons (Fsp3) is 1.00. The molecule has 11 heavy (non-hydrogen) atoms. The average Bonchev–Trinajstić information content (AvgIpc) is 2.08. The molecule has 1 rings (SSSR count). The second-order valence-electron chi connectivity index (χ2n) is 2.58. The first-order valence-corrected chi connectivity index (χ1v) is 4.07. The van der Waals surface area contributed by atoms with E-state index >= 15 is 0 Å². The molecule has 0 aromatic carbocycles. The summed E-state index contributed by atoms with van der Waals surface area (Å²) >= 11 is 0. The van der Waals surface area contributed by atoms with E-state index in [2.05, 4.69) is 6.92 Å². The van der Waals surface area contributed by atoms with E-state index in [0.717, 1.165) is 33.0 Å². The molecule has 0 aliphatic carbocycles. The molecule has 0 bridgehead atoms. The first-order valence-electron chi connectivity index (χ1n) is 4.07. The molecule has 0 aromatic heterocycles. The Morgan fingerprint density at radius 1 is 1.45 bits per heavy atom. The summed E-state index contributed by atoms with van der Waals surface area (Å²) in [6.45, 7) is 2.82. The lowest BCUT2D eigenvalue weighted by atomic mass is 10.0. The molecular weight excluding hydrogens is 144 g/mol. The lowest BCUT2D eigenvalue weighted by Crippen LogP contribution is -2.28. The fourth-order valence-corrected chi connectivity index (χ4v) is 1.14. The lowest BCUT2D eigenvalue weighted by Gasteiger charge is -2.25. The molecule has 1 fully saturated rings. The first-order chi connectivity index (χ1) is 5.33. The van der Waals surface area contributed by atoms with Gasteiger partial charge in [-0.05, 0) is 19.3 Å². The van der Waals surface area contributed by atoms with Crippen molar-refractivity contribution in [1.82, 2.24) is 0 Å². The molecule has 2 unspecified atom stereocenters. The molecule has 2 atom stereocenters. The highest BCUT2D eigenvalue weighted by molar-refractivity contribution is 4.68. The van der Waals surface area contributed by atoms with Crippen molar-refractivity contribution in [3.63, 3.8) is 0 Å². The van der Waals surface area contributed by atoms with Crippen LogP contribution in [0.2, 0.25) is 0 Å². The molecule has 0 spiro atoms. The van der Waals surface area contributed by atoms with Crippen molar-refractivity contribution in [2.24, 2.45) is 0 Å². The van der Waals surface area contributed by atoms with Crippen molar-refractivity contribution in [2.45, 2.75) is 38.4 Å². The van der Waals surface area contributed by atoms with Crippen LogP contribution in [0.25, 0.3) is 0 Å². The van der Waals surface area contributed by atoms with E-state index in [9.17, 15) is 0 Å². The van der Waals surface area contributed by atoms with Crippen molar-refractivity contribution in [3.8, 4) is 0 Å². The Morgan fingerprint density at radius 2 is 2.09 bits per heavy atom. The maximum atomic E-state index is 9.13. The van der Waals surface area contributed by atoms with E-state index in [1.807, 2.05) is 0 Å². The second kappa shape index (κ2) is 6.58. The lowest BCUT2D eigenvalue weighted by molar-refractivity contribution is -0.0441. The van der Waals surface area contributed by atoms with E-state index in [4.69, 9.17) is 14.9 Å². The summed E-state index contributed by atoms with van der Waals surface area (Å²) in [5.41, 5.74) is 0. The van der Waals surface area contributed by atoms with Gasteiger partial charge in [-0.1, -0.05) is 6.92 Å². The summed E-state index contributed by atoms with van der Waals surface area (Å²) < 4.78 is 5.34. The molecule has 1 heterocycles. The molecule has 1 saturated heterocycles. The highest BCUT2D eigenvalue weighted by atomic mass is 16.5. The van der Waals surface area contributed by atoms with Gasteiger partial charge in [-0.3, -0.25) is 0 Å². The third-order valence-corrected chi connectivity index (χ3v) is 1.79. The van der Waals surface area contributed by atoms with E-state index in [0.29, 0.717) is 6.10 Å². The first kappa shape index (κ1) is 10.9. The van der Waals surface area contributed by atoms with Gasteiger partial charge in [-0.25, -0.2) is 0 Å². The third kappa shape index (κ3) is 4.35. The maximum Gasteiger partial charge on any atom is 0.0597 e. The van der Waals surface area contributed by atoms with Crippen molar-refractivity contribution in [1.29, 1.82) is 0 Å². The van der Waals surface area contributed by atoms with Gasteiger partial charge >= 0.3 is 0 Å². The number of rotatable bonds is 1. The van der Waals surface area contributed by atoms with Crippen LogP contribution in [-0.2, 0) is 4.74 Å². The van der Waals surface area contributed by atoms with E-state index < -0.39 is 0 Å². The molecule has 0 amide bonds. The van der Waals surface area contributed by atoms with Crippen molar-refractivity contribution in [2.75, 3.05) is 13.7 Å². The van der Waals surface area contributed by atoms with Gasteiger partial charge in [0.05, 0.1) is 12.2 Å². The Morgan fingerprint density at radius 3 is 2.45 bits per heavy atom. The number of ether oxygens (including phenoxy) is 1. The van der Waals surface area contributed by atoms with Gasteiger partial charge in [-0.15, -0.1) is 0 Å². The van der Waals surface area contributed by atoms with Crippen LogP contribution in [0, 0.1) is 0 Å². The molecule has 68 valence electrons. The van der Waals surface area contributed by atoms with Crippen molar-refractivity contribution in [3.05, 3.63) is 0 Å². The molecule has 0 radical (unpaired) electrons. The van der Waals surface area contributed by atoms with E-state index in [1.165, 1.54) is 0 Å². The smallest absolute Gasteiger partial charge is 0.0597 e. The Hall–Kier alpha value is -0.120. The van der Waals surface area contributed by atoms with Crippen LogP contribution in [0.15, 0.2) is 0 Å². The molecule has 3 heteroatoms. The topological polar surface area (TPSA) is 49.7 Å². The summed E-state index contributed by atoms with van der Waals surface area (Å²) in [6, 6.07) is 0. The Kier molecular flexibility index (Phi) is 6.51. The molecule has 3 nitrogen and oxygen atoms in total. The number of hydrogen-bond donors (Lipinski definition) is 2. The minimum Gasteiger partial charge on any atom is -0.400 e. The van der Waals surface area contributed by atoms with Crippen molar-refractivity contribution < 1.29 is 14.9 Å². The van der Waals surface area contributed by atoms with Gasteiger partial charge < -0.3 is 14.9 Å². The fourth-order valence-electron chi connectivity index (χ4n) is 1.14. The van der Waals surface area contributed by atoms with Gasteiger partial charge in [0.15, 0.2) is 0 Å². The summed E-state index contributed by atoms with van der Waals surface area (Å²) in [6.07, 6.45) is 2.88. The highest BCUT2D eigenvalue weighted by Crippen LogP contribution is 2.15. The zero-order valence-corrected chi connectivity index (χ0v) is 7.29. The SMILES string of the molecule is CCC1CC(O)CCO1.CO. The Labute approximate surface area is 68.0 Å². The van der Waals surface area contributed by atoms with Crippen molar-refractivity contribution >= 4 is 0 Å². The zero-order valence-electron chi connectivity index (χ0n) is 7.29. The van der Waals surface area contributed by atoms with E-state index in [-0.39, 0.29) is 6.10 Å². The van der Waals surface area contributed by atoms with Gasteiger partial charge in [0.2, 0.25) is 0 Å². The van der Waals surface area contributed by atoms with Crippen LogP contribution in [0.1, 0.15) is 26.2 Å². The Balaban J connectivity index is 0.000000461. The predicted molar refractivity (Wildman–Crippen MR) is 43.4 cm³/mol. The van der Waals surface area contributed by atoms with Gasteiger partial charge in [0.25, 0.3) is 0 Å². The molecule has 2 N–H and O–H groups in total. The monoisotopic (exact) mass is 162 g/mol. The standard InChI is InChI=1S/C7H14O2.CH4O/c1-2-7-5-6(8)3-4-9-7;1-2/h6-8H,2-5H2,1H3;2H,1H3. The van der Waals surface area contributed by atoms with Crippen LogP contribution in [0.3, 0.4) is 0 Å². The van der Waals surface area contributed by atoms with Crippen LogP contribution in [0.5, 0.6) is 0 Å². The third-order valence-electron chi connectivity index (χ3n) is 1.79.